The van der Waals surface area contributed by atoms with E-state index in [0.29, 0.717) is 24.3 Å². The fraction of sp³-hybridized carbons (Fsp3) is 0.600. The summed E-state index contributed by atoms with van der Waals surface area (Å²) in [7, 11) is 0. The van der Waals surface area contributed by atoms with Gasteiger partial charge < -0.3 is 15.2 Å². The van der Waals surface area contributed by atoms with Crippen molar-refractivity contribution < 1.29 is 9.84 Å². The Kier molecular flexibility index (Phi) is 5.99. The third kappa shape index (κ3) is 4.22. The van der Waals surface area contributed by atoms with Gasteiger partial charge in [0.1, 0.15) is 0 Å². The lowest BCUT2D eigenvalue weighted by atomic mass is 10.0. The minimum Gasteiger partial charge on any atom is -0.504 e. The molecule has 0 amide bonds. The number of phenols is 1. The summed E-state index contributed by atoms with van der Waals surface area (Å²) >= 11 is 0. The fourth-order valence-electron chi connectivity index (χ4n) is 1.77. The molecule has 0 saturated carbocycles. The quantitative estimate of drug-likeness (QED) is 0.781. The molecule has 0 saturated heterocycles. The van der Waals surface area contributed by atoms with Crippen molar-refractivity contribution in [1.82, 2.24) is 5.32 Å². The molecule has 0 spiro atoms. The normalized spacial score (nSPS) is 14.2. The van der Waals surface area contributed by atoms with Crippen LogP contribution in [0.5, 0.6) is 11.5 Å². The van der Waals surface area contributed by atoms with Gasteiger partial charge in [0, 0.05) is 12.6 Å². The van der Waals surface area contributed by atoms with Gasteiger partial charge in [0.2, 0.25) is 0 Å². The minimum atomic E-state index is 0.204. The van der Waals surface area contributed by atoms with E-state index in [1.165, 1.54) is 6.42 Å². The van der Waals surface area contributed by atoms with Crippen molar-refractivity contribution in [2.24, 2.45) is 5.92 Å². The maximum absolute atomic E-state index is 9.62. The second-order valence-corrected chi connectivity index (χ2v) is 4.79. The highest BCUT2D eigenvalue weighted by Gasteiger charge is 2.10. The molecular formula is C15H25NO2. The van der Waals surface area contributed by atoms with Crippen molar-refractivity contribution in [2.45, 2.75) is 46.7 Å². The summed E-state index contributed by atoms with van der Waals surface area (Å²) in [5, 5.41) is 13.1. The molecule has 2 N–H and O–H groups in total. The van der Waals surface area contributed by atoms with Gasteiger partial charge in [0.25, 0.3) is 0 Å². The van der Waals surface area contributed by atoms with Crippen LogP contribution in [-0.2, 0) is 6.54 Å². The summed E-state index contributed by atoms with van der Waals surface area (Å²) in [5.74, 6) is 1.43. The molecule has 18 heavy (non-hydrogen) atoms. The third-order valence-electron chi connectivity index (χ3n) is 3.45. The van der Waals surface area contributed by atoms with E-state index < -0.39 is 0 Å². The van der Waals surface area contributed by atoms with Crippen molar-refractivity contribution in [1.29, 1.82) is 0 Å². The highest BCUT2D eigenvalue weighted by molar-refractivity contribution is 5.41. The van der Waals surface area contributed by atoms with Crippen LogP contribution in [0.1, 0.15) is 39.7 Å². The van der Waals surface area contributed by atoms with Gasteiger partial charge in [-0.15, -0.1) is 0 Å². The Morgan fingerprint density at radius 1 is 1.28 bits per heavy atom. The van der Waals surface area contributed by atoms with Gasteiger partial charge in [-0.05, 0) is 37.5 Å². The maximum atomic E-state index is 9.62. The Morgan fingerprint density at radius 2 is 2.00 bits per heavy atom. The Balaban J connectivity index is 2.59. The monoisotopic (exact) mass is 251 g/mol. The van der Waals surface area contributed by atoms with E-state index in [1.807, 2.05) is 19.1 Å². The molecule has 1 aromatic carbocycles. The van der Waals surface area contributed by atoms with E-state index in [9.17, 15) is 5.11 Å². The number of aromatic hydroxyl groups is 1. The molecule has 3 nitrogen and oxygen atoms in total. The number of nitrogens with one attached hydrogen (secondary N) is 1. The van der Waals surface area contributed by atoms with Crippen LogP contribution in [0.15, 0.2) is 18.2 Å². The Bertz CT molecular complexity index is 366. The number of hydrogen-bond acceptors (Lipinski definition) is 3. The van der Waals surface area contributed by atoms with Crippen molar-refractivity contribution in [2.75, 3.05) is 6.61 Å². The van der Waals surface area contributed by atoms with Crippen LogP contribution in [0.2, 0.25) is 0 Å². The van der Waals surface area contributed by atoms with Gasteiger partial charge in [-0.25, -0.2) is 0 Å². The van der Waals surface area contributed by atoms with Gasteiger partial charge in [-0.2, -0.15) is 0 Å². The van der Waals surface area contributed by atoms with Crippen molar-refractivity contribution in [3.8, 4) is 11.5 Å². The van der Waals surface area contributed by atoms with E-state index in [0.717, 1.165) is 12.1 Å². The number of hydrogen-bond donors (Lipinski definition) is 2. The zero-order valence-corrected chi connectivity index (χ0v) is 11.9. The van der Waals surface area contributed by atoms with Crippen LogP contribution in [0, 0.1) is 5.92 Å². The number of phenolic OH excluding ortho intramolecular Hbond substituents is 1. The maximum Gasteiger partial charge on any atom is 0.161 e. The average molecular weight is 251 g/mol. The molecule has 0 radical (unpaired) electrons. The molecule has 0 aliphatic rings. The molecule has 0 fully saturated rings. The van der Waals surface area contributed by atoms with Gasteiger partial charge >= 0.3 is 0 Å². The second-order valence-electron chi connectivity index (χ2n) is 4.79. The lowest BCUT2D eigenvalue weighted by Gasteiger charge is -2.20. The lowest BCUT2D eigenvalue weighted by molar-refractivity contribution is 0.317. The number of benzene rings is 1. The Labute approximate surface area is 110 Å². The summed E-state index contributed by atoms with van der Waals surface area (Å²) in [6.45, 7) is 9.93. The van der Waals surface area contributed by atoms with Crippen LogP contribution in [-0.4, -0.2) is 17.8 Å². The predicted molar refractivity (Wildman–Crippen MR) is 75.0 cm³/mol. The van der Waals surface area contributed by atoms with Crippen LogP contribution >= 0.6 is 0 Å². The first-order chi connectivity index (χ1) is 8.58. The first-order valence-corrected chi connectivity index (χ1v) is 6.76. The zero-order chi connectivity index (χ0) is 13.5. The van der Waals surface area contributed by atoms with Gasteiger partial charge in [0.15, 0.2) is 11.5 Å². The molecule has 0 aliphatic carbocycles. The highest BCUT2D eigenvalue weighted by Crippen LogP contribution is 2.26. The van der Waals surface area contributed by atoms with Crippen molar-refractivity contribution >= 4 is 0 Å². The summed E-state index contributed by atoms with van der Waals surface area (Å²) in [6, 6.07) is 6.00. The van der Waals surface area contributed by atoms with Gasteiger partial charge in [-0.3, -0.25) is 0 Å². The SMILES string of the molecule is CCOc1cc(CNC(C)C(C)CC)ccc1O. The molecule has 1 aromatic rings. The van der Waals surface area contributed by atoms with E-state index >= 15 is 0 Å². The molecule has 0 aliphatic heterocycles. The summed E-state index contributed by atoms with van der Waals surface area (Å²) in [5.41, 5.74) is 1.13. The predicted octanol–water partition coefficient (Wildman–Crippen LogP) is 3.32. The standard InChI is InChI=1S/C15H25NO2/c1-5-11(3)12(4)16-10-13-7-8-14(17)15(9-13)18-6-2/h7-9,11-12,16-17H,5-6,10H2,1-4H3. The summed E-state index contributed by atoms with van der Waals surface area (Å²) in [4.78, 5) is 0. The molecule has 0 bridgehead atoms. The molecule has 2 atom stereocenters. The molecule has 0 heterocycles. The first-order valence-electron chi connectivity index (χ1n) is 6.76. The van der Waals surface area contributed by atoms with Crippen LogP contribution in [0.3, 0.4) is 0 Å². The van der Waals surface area contributed by atoms with Crippen LogP contribution in [0.4, 0.5) is 0 Å². The average Bonchev–Trinajstić information content (AvgIpc) is 2.38. The zero-order valence-electron chi connectivity index (χ0n) is 11.9. The van der Waals surface area contributed by atoms with E-state index in [4.69, 9.17) is 4.74 Å². The van der Waals surface area contributed by atoms with Gasteiger partial charge in [-0.1, -0.05) is 26.3 Å². The molecule has 2 unspecified atom stereocenters. The van der Waals surface area contributed by atoms with Crippen molar-refractivity contribution in [3.63, 3.8) is 0 Å². The van der Waals surface area contributed by atoms with E-state index in [1.54, 1.807) is 6.07 Å². The number of ether oxygens (including phenoxy) is 1. The minimum absolute atomic E-state index is 0.204. The van der Waals surface area contributed by atoms with Gasteiger partial charge in [0.05, 0.1) is 6.61 Å². The Hall–Kier alpha value is -1.22. The first kappa shape index (κ1) is 14.8. The topological polar surface area (TPSA) is 41.5 Å². The molecular weight excluding hydrogens is 226 g/mol. The fourth-order valence-corrected chi connectivity index (χ4v) is 1.77. The largest absolute Gasteiger partial charge is 0.504 e. The van der Waals surface area contributed by atoms with Crippen molar-refractivity contribution in [3.05, 3.63) is 23.8 Å². The lowest BCUT2D eigenvalue weighted by Crippen LogP contribution is -2.31. The molecule has 102 valence electrons. The smallest absolute Gasteiger partial charge is 0.161 e. The van der Waals surface area contributed by atoms with Crippen LogP contribution < -0.4 is 10.1 Å². The summed E-state index contributed by atoms with van der Waals surface area (Å²) in [6.07, 6.45) is 1.17. The molecule has 1 rings (SSSR count). The number of rotatable bonds is 7. The van der Waals surface area contributed by atoms with E-state index in [-0.39, 0.29) is 5.75 Å². The van der Waals surface area contributed by atoms with Crippen LogP contribution in [0.25, 0.3) is 0 Å². The summed E-state index contributed by atoms with van der Waals surface area (Å²) < 4.78 is 5.37. The van der Waals surface area contributed by atoms with E-state index in [2.05, 4.69) is 26.1 Å². The molecule has 0 aromatic heterocycles. The second kappa shape index (κ2) is 7.27. The Morgan fingerprint density at radius 3 is 2.61 bits per heavy atom. The third-order valence-corrected chi connectivity index (χ3v) is 3.45. The highest BCUT2D eigenvalue weighted by atomic mass is 16.5. The molecule has 3 heteroatoms.